The number of H-pyrrole nitrogens is 1. The highest BCUT2D eigenvalue weighted by Gasteiger charge is 2.26. The van der Waals surface area contributed by atoms with E-state index in [2.05, 4.69) is 32.0 Å². The Balaban J connectivity index is 1.35. The van der Waals surface area contributed by atoms with Crippen molar-refractivity contribution in [2.45, 2.75) is 38.0 Å². The third-order valence-corrected chi connectivity index (χ3v) is 5.84. The molecule has 2 aliphatic rings. The van der Waals surface area contributed by atoms with Gasteiger partial charge in [0.15, 0.2) is 5.82 Å². The summed E-state index contributed by atoms with van der Waals surface area (Å²) in [6.45, 7) is 8.38. The quantitative estimate of drug-likeness (QED) is 0.717. The van der Waals surface area contributed by atoms with Gasteiger partial charge in [-0.05, 0) is 43.9 Å². The molecule has 8 heteroatoms. The lowest BCUT2D eigenvalue weighted by molar-refractivity contribution is -0.125. The molecule has 2 fully saturated rings. The number of rotatable bonds is 6. The fourth-order valence-electron chi connectivity index (χ4n) is 3.73. The number of hydrogen-bond acceptors (Lipinski definition) is 5. The van der Waals surface area contributed by atoms with Crippen LogP contribution in [0.4, 0.5) is 11.6 Å². The number of aromatic amines is 1. The van der Waals surface area contributed by atoms with Gasteiger partial charge in [0.1, 0.15) is 5.82 Å². The summed E-state index contributed by atoms with van der Waals surface area (Å²) in [6.07, 6.45) is 6.38. The predicted octanol–water partition coefficient (Wildman–Crippen LogP) is 2.65. The Labute approximate surface area is 176 Å². The summed E-state index contributed by atoms with van der Waals surface area (Å²) in [6, 6.07) is 5.82. The van der Waals surface area contributed by atoms with Crippen LogP contribution in [0.5, 0.6) is 0 Å². The Morgan fingerprint density at radius 3 is 2.80 bits per heavy atom. The maximum absolute atomic E-state index is 12.6. The summed E-state index contributed by atoms with van der Waals surface area (Å²) in [5.74, 6) is 1.53. The molecule has 2 aromatic rings. The number of nitrogens with zero attached hydrogens (tertiary/aromatic N) is 4. The standard InChI is InChI=1S/C22H28N6O2/c1-3-21(29)28-10-4-9-27(11-12-28)20-8-7-17(14-23-20)15(2)22(30)24-19-13-18(25-26-19)16-5-6-16/h3,7-8,13-16H,1,4-6,9-12H2,2H3,(H2,24,25,26,30). The lowest BCUT2D eigenvalue weighted by Crippen LogP contribution is -2.34. The molecule has 1 aliphatic heterocycles. The molecular formula is C22H28N6O2. The lowest BCUT2D eigenvalue weighted by Gasteiger charge is -2.22. The second-order valence-corrected chi connectivity index (χ2v) is 8.01. The van der Waals surface area contributed by atoms with Crippen molar-refractivity contribution < 1.29 is 9.59 Å². The third kappa shape index (κ3) is 4.53. The van der Waals surface area contributed by atoms with Crippen LogP contribution < -0.4 is 10.2 Å². The molecule has 158 valence electrons. The van der Waals surface area contributed by atoms with Gasteiger partial charge in [0.2, 0.25) is 11.8 Å². The molecule has 0 spiro atoms. The number of aromatic nitrogens is 3. The molecule has 0 radical (unpaired) electrons. The van der Waals surface area contributed by atoms with Crippen molar-refractivity contribution in [1.29, 1.82) is 0 Å². The van der Waals surface area contributed by atoms with E-state index in [0.29, 0.717) is 18.3 Å². The second-order valence-electron chi connectivity index (χ2n) is 8.01. The summed E-state index contributed by atoms with van der Waals surface area (Å²) in [5, 5.41) is 10.1. The topological polar surface area (TPSA) is 94.2 Å². The zero-order valence-corrected chi connectivity index (χ0v) is 17.3. The summed E-state index contributed by atoms with van der Waals surface area (Å²) in [4.78, 5) is 33.0. The van der Waals surface area contributed by atoms with E-state index in [-0.39, 0.29) is 17.7 Å². The number of carbonyl (C=O) groups excluding carboxylic acids is 2. The number of anilines is 2. The monoisotopic (exact) mass is 408 g/mol. The van der Waals surface area contributed by atoms with Crippen LogP contribution in [0.1, 0.15) is 49.3 Å². The van der Waals surface area contributed by atoms with E-state index >= 15 is 0 Å². The molecule has 2 N–H and O–H groups in total. The first-order chi connectivity index (χ1) is 14.5. The number of hydrogen-bond donors (Lipinski definition) is 2. The molecule has 2 aromatic heterocycles. The smallest absolute Gasteiger partial charge is 0.246 e. The highest BCUT2D eigenvalue weighted by molar-refractivity contribution is 5.94. The van der Waals surface area contributed by atoms with Gasteiger partial charge in [-0.25, -0.2) is 4.98 Å². The summed E-state index contributed by atoms with van der Waals surface area (Å²) in [7, 11) is 0. The van der Waals surface area contributed by atoms with Gasteiger partial charge >= 0.3 is 0 Å². The molecule has 1 saturated heterocycles. The predicted molar refractivity (Wildman–Crippen MR) is 115 cm³/mol. The van der Waals surface area contributed by atoms with Gasteiger partial charge in [-0.2, -0.15) is 5.10 Å². The minimum absolute atomic E-state index is 0.0267. The van der Waals surface area contributed by atoms with Crippen LogP contribution in [0, 0.1) is 0 Å². The molecule has 0 bridgehead atoms. The average molecular weight is 409 g/mol. The van der Waals surface area contributed by atoms with Crippen molar-refractivity contribution in [2.75, 3.05) is 36.4 Å². The van der Waals surface area contributed by atoms with Gasteiger partial charge in [0.05, 0.1) is 5.92 Å². The van der Waals surface area contributed by atoms with E-state index in [4.69, 9.17) is 0 Å². The lowest BCUT2D eigenvalue weighted by atomic mass is 10.0. The summed E-state index contributed by atoms with van der Waals surface area (Å²) in [5.41, 5.74) is 1.95. The first-order valence-corrected chi connectivity index (χ1v) is 10.5. The van der Waals surface area contributed by atoms with Crippen molar-refractivity contribution in [3.8, 4) is 0 Å². The Bertz CT molecular complexity index is 918. The van der Waals surface area contributed by atoms with Crippen molar-refractivity contribution in [2.24, 2.45) is 0 Å². The van der Waals surface area contributed by atoms with Crippen molar-refractivity contribution in [3.05, 3.63) is 48.3 Å². The molecular weight excluding hydrogens is 380 g/mol. The highest BCUT2D eigenvalue weighted by atomic mass is 16.2. The summed E-state index contributed by atoms with van der Waals surface area (Å²) >= 11 is 0. The Morgan fingerprint density at radius 1 is 1.27 bits per heavy atom. The molecule has 0 aromatic carbocycles. The molecule has 3 heterocycles. The Hall–Kier alpha value is -3.16. The maximum Gasteiger partial charge on any atom is 0.246 e. The van der Waals surface area contributed by atoms with Crippen LogP contribution in [0.2, 0.25) is 0 Å². The van der Waals surface area contributed by atoms with E-state index in [9.17, 15) is 9.59 Å². The maximum atomic E-state index is 12.6. The van der Waals surface area contributed by atoms with Gasteiger partial charge in [-0.15, -0.1) is 0 Å². The first kappa shape index (κ1) is 20.1. The number of amides is 2. The molecule has 8 nitrogen and oxygen atoms in total. The number of carbonyl (C=O) groups is 2. The molecule has 1 aliphatic carbocycles. The van der Waals surface area contributed by atoms with Gasteiger partial charge < -0.3 is 15.1 Å². The fraction of sp³-hybridized carbons (Fsp3) is 0.455. The Morgan fingerprint density at radius 2 is 2.10 bits per heavy atom. The van der Waals surface area contributed by atoms with E-state index in [0.717, 1.165) is 43.1 Å². The molecule has 2 amide bonds. The normalized spacial score (nSPS) is 17.9. The van der Waals surface area contributed by atoms with Gasteiger partial charge in [-0.1, -0.05) is 12.6 Å². The zero-order chi connectivity index (χ0) is 21.1. The van der Waals surface area contributed by atoms with E-state index in [1.54, 1.807) is 6.20 Å². The van der Waals surface area contributed by atoms with Crippen molar-refractivity contribution in [1.82, 2.24) is 20.1 Å². The first-order valence-electron chi connectivity index (χ1n) is 10.5. The average Bonchev–Trinajstić information content (AvgIpc) is 3.56. The van der Waals surface area contributed by atoms with E-state index < -0.39 is 0 Å². The van der Waals surface area contributed by atoms with Crippen molar-refractivity contribution >= 4 is 23.5 Å². The zero-order valence-electron chi connectivity index (χ0n) is 17.3. The van der Waals surface area contributed by atoms with Gasteiger partial charge in [-0.3, -0.25) is 14.7 Å². The second kappa shape index (κ2) is 8.69. The summed E-state index contributed by atoms with van der Waals surface area (Å²) < 4.78 is 0. The fourth-order valence-corrected chi connectivity index (χ4v) is 3.73. The van der Waals surface area contributed by atoms with Crippen LogP contribution in [-0.2, 0) is 9.59 Å². The van der Waals surface area contributed by atoms with Gasteiger partial charge in [0.25, 0.3) is 0 Å². The highest BCUT2D eigenvalue weighted by Crippen LogP contribution is 2.39. The van der Waals surface area contributed by atoms with Crippen LogP contribution >= 0.6 is 0 Å². The van der Waals surface area contributed by atoms with Crippen LogP contribution in [0.3, 0.4) is 0 Å². The third-order valence-electron chi connectivity index (χ3n) is 5.84. The molecule has 1 saturated carbocycles. The molecule has 1 atom stereocenters. The van der Waals surface area contributed by atoms with E-state index in [1.807, 2.05) is 30.0 Å². The van der Waals surface area contributed by atoms with E-state index in [1.165, 1.54) is 18.9 Å². The molecule has 1 unspecified atom stereocenters. The minimum atomic E-state index is -0.336. The SMILES string of the molecule is C=CC(=O)N1CCCN(c2ccc(C(C)C(=O)Nc3cc(C4CC4)[nH]n3)cn2)CC1. The van der Waals surface area contributed by atoms with Crippen LogP contribution in [0.15, 0.2) is 37.1 Å². The number of pyridine rings is 1. The van der Waals surface area contributed by atoms with Crippen molar-refractivity contribution in [3.63, 3.8) is 0 Å². The van der Waals surface area contributed by atoms with Crippen LogP contribution in [-0.4, -0.2) is 58.1 Å². The largest absolute Gasteiger partial charge is 0.355 e. The minimum Gasteiger partial charge on any atom is -0.355 e. The molecule has 30 heavy (non-hydrogen) atoms. The number of nitrogens with one attached hydrogen (secondary N) is 2. The van der Waals surface area contributed by atoms with Crippen LogP contribution in [0.25, 0.3) is 0 Å². The van der Waals surface area contributed by atoms with Gasteiger partial charge in [0, 0.05) is 50.1 Å². The molecule has 4 rings (SSSR count). The Kier molecular flexibility index (Phi) is 5.83.